The van der Waals surface area contributed by atoms with Crippen LogP contribution in [0.3, 0.4) is 0 Å². The number of aliphatic hydroxyl groups is 1. The molecule has 12 aromatic carbocycles. The number of hydrogen-bond acceptors (Lipinski definition) is 36. The second-order valence-corrected chi connectivity index (χ2v) is 32.0. The summed E-state index contributed by atoms with van der Waals surface area (Å²) in [7, 11) is 3.10. The second-order valence-electron chi connectivity index (χ2n) is 30.9. The SMILES string of the molecule is COc1cc2nc(NNC(C)=S)nc(NNC(N)=S)c2cc1OC.Nc1nc(Nc2ccccc2O)nc2ccccc12.OCCNc1nc(Nc2ccccc2O)nc2ccccc12.Oc1ccccc1Nc1nc(N2CCOCC2)c2ccccc2n1.Oc1ccccc1Nc1nc(NCC2CCCO2)c2ccccc2n1.Oc1ccccc1Nc1nc(NCc2ccccc2)c2ccccc2n1. The van der Waals surface area contributed by atoms with E-state index in [2.05, 4.69) is 136 Å². The number of phenolic OH excluding ortho intramolecular Hbond substituents is 5. The Hall–Kier alpha value is -17.7. The number of methoxy groups -OCH3 is 2. The number of fused-ring (bicyclic) bond motifs is 6. The van der Waals surface area contributed by atoms with Gasteiger partial charge in [0.25, 0.3) is 0 Å². The normalized spacial score (nSPS) is 12.3. The summed E-state index contributed by atoms with van der Waals surface area (Å²) in [4.78, 5) is 56.5. The molecule has 140 heavy (non-hydrogen) atoms. The number of nitrogens with zero attached hydrogens (tertiary/aromatic N) is 13. The molecule has 2 saturated heterocycles. The predicted molar refractivity (Wildman–Crippen MR) is 560 cm³/mol. The summed E-state index contributed by atoms with van der Waals surface area (Å²) >= 11 is 9.75. The predicted octanol–water partition coefficient (Wildman–Crippen LogP) is 17.5. The number of benzene rings is 12. The van der Waals surface area contributed by atoms with Crippen LogP contribution in [-0.2, 0) is 16.0 Å². The number of aromatic hydroxyl groups is 5. The van der Waals surface area contributed by atoms with Crippen LogP contribution in [-0.4, -0.2) is 173 Å². The standard InChI is InChI=1S/C21H18N4O.C19H20N4O2.C18H18N4O2.C16H16N4O2.C14H12N4O.C13H17N7O2S2/c26-19-13-7-6-12-18(19)24-21-23-17-11-5-4-10-16(17)20(25-21)22-14-15-8-2-1-3-9-15;24-17-10-4-3-9-16(17)22-19-21-15-8-2-1-7-14(15)18(23-19)20-12-13-6-5-11-25-13;23-16-8-4-3-7-15(16)20-18-19-14-6-2-1-5-13(14)17(21-18)22-9-11-24-12-10-22;21-10-9-17-15-11-5-1-2-6-12(11)18-16(20-15)19-13-7-3-4-8-14(13)22;15-13-9-5-1-2-6-10(9)16-14(18-13)17-11-7-3-4-8-12(11)19;1-6(23)17-20-13-15-8-5-10(22-3)9(21-2)4-7(8)11(16-13)18-19-12(14)24/h1-13,26H,14H2,(H2,22,23,24,25);1-4,7-10,13,24H,5-6,11-12H2,(H2,20,21,22,23);1-8,23H,9-12H2,(H,19,20,21);1-8,21-22H,9-10H2,(H2,17,18,19,20);1-8,19H,(H3,15,16,17,18);4-5H,1-3H3,(H,17,23)(H3,14,19,24)(H2,15,16,18,20). The number of anilines is 17. The number of phenols is 5. The van der Waals surface area contributed by atoms with Crippen molar-refractivity contribution >= 4 is 199 Å². The van der Waals surface area contributed by atoms with E-state index in [1.165, 1.54) is 5.56 Å². The lowest BCUT2D eigenvalue weighted by atomic mass is 10.2. The largest absolute Gasteiger partial charge is 0.506 e. The second kappa shape index (κ2) is 48.0. The van der Waals surface area contributed by atoms with Gasteiger partial charge in [0.1, 0.15) is 57.8 Å². The highest BCUT2D eigenvalue weighted by molar-refractivity contribution is 7.80. The van der Waals surface area contributed by atoms with E-state index in [0.717, 1.165) is 111 Å². The van der Waals surface area contributed by atoms with Gasteiger partial charge in [-0.1, -0.05) is 164 Å². The zero-order valence-electron chi connectivity index (χ0n) is 76.1. The summed E-state index contributed by atoms with van der Waals surface area (Å²) in [6.45, 7) is 7.35. The van der Waals surface area contributed by atoms with Crippen LogP contribution in [0.2, 0.25) is 0 Å². The third-order valence-electron chi connectivity index (χ3n) is 21.2. The van der Waals surface area contributed by atoms with Crippen molar-refractivity contribution in [3.05, 3.63) is 291 Å². The highest BCUT2D eigenvalue weighted by Crippen LogP contribution is 2.38. The van der Waals surface area contributed by atoms with Crippen molar-refractivity contribution in [3.8, 4) is 40.2 Å². The van der Waals surface area contributed by atoms with Gasteiger partial charge < -0.3 is 108 Å². The molecule has 37 nitrogen and oxygen atoms in total. The number of nitrogens with two attached hydrogens (primary N) is 2. The van der Waals surface area contributed by atoms with Gasteiger partial charge in [0, 0.05) is 77.7 Å². The van der Waals surface area contributed by atoms with Gasteiger partial charge in [0.15, 0.2) is 22.4 Å². The number of nitrogen functional groups attached to an aromatic ring is 1. The molecule has 8 heterocycles. The maximum atomic E-state index is 9.97. The molecule has 0 aliphatic carbocycles. The van der Waals surface area contributed by atoms with Gasteiger partial charge in [0.05, 0.1) is 107 Å². The number of rotatable bonds is 26. The molecule has 2 aliphatic heterocycles. The average Bonchev–Trinajstić information content (AvgIpc) is 0.797. The highest BCUT2D eigenvalue weighted by atomic mass is 32.1. The van der Waals surface area contributed by atoms with Crippen LogP contribution in [0.1, 0.15) is 25.3 Å². The number of ether oxygens (including phenoxy) is 4. The van der Waals surface area contributed by atoms with Crippen LogP contribution >= 0.6 is 24.4 Å². The van der Waals surface area contributed by atoms with E-state index in [1.807, 2.05) is 170 Å². The fourth-order valence-corrected chi connectivity index (χ4v) is 14.5. The first-order valence-corrected chi connectivity index (χ1v) is 45.1. The van der Waals surface area contributed by atoms with Gasteiger partial charge >= 0.3 is 0 Å². The summed E-state index contributed by atoms with van der Waals surface area (Å²) in [5, 5.41) is 88.9. The Morgan fingerprint density at radius 3 is 1.21 bits per heavy atom. The number of thiocarbonyl (C=S) groups is 2. The van der Waals surface area contributed by atoms with Gasteiger partial charge in [-0.3, -0.25) is 21.7 Å². The van der Waals surface area contributed by atoms with Gasteiger partial charge in [0.2, 0.25) is 35.7 Å². The van der Waals surface area contributed by atoms with Crippen molar-refractivity contribution in [1.82, 2.24) is 70.7 Å². The molecule has 2 fully saturated rings. The lowest BCUT2D eigenvalue weighted by molar-refractivity contribution is 0.120. The number of aliphatic hydroxyl groups excluding tert-OH is 1. The van der Waals surface area contributed by atoms with Gasteiger partial charge in [-0.15, -0.1) is 0 Å². The molecule has 39 heteroatoms. The molecule has 2 aliphatic rings. The van der Waals surface area contributed by atoms with Crippen LogP contribution in [0, 0.1) is 0 Å². The number of nitrogens with one attached hydrogen (secondary N) is 12. The molecule has 1 unspecified atom stereocenters. The maximum absolute atomic E-state index is 9.97. The summed E-state index contributed by atoms with van der Waals surface area (Å²) in [6.07, 6.45) is 2.40. The Kier molecular flexibility index (Phi) is 33.2. The molecule has 22 N–H and O–H groups in total. The molecule has 712 valence electrons. The molecule has 0 spiro atoms. The molecular weight excluding hydrogens is 1820 g/mol. The van der Waals surface area contributed by atoms with Gasteiger partial charge in [-0.05, 0) is 165 Å². The lowest BCUT2D eigenvalue weighted by Crippen LogP contribution is -2.37. The van der Waals surface area contributed by atoms with E-state index < -0.39 is 0 Å². The van der Waals surface area contributed by atoms with E-state index in [4.69, 9.17) is 64.9 Å². The van der Waals surface area contributed by atoms with E-state index in [1.54, 1.807) is 124 Å². The highest BCUT2D eigenvalue weighted by Gasteiger charge is 2.22. The Labute approximate surface area is 814 Å². The zero-order valence-corrected chi connectivity index (χ0v) is 77.7. The summed E-state index contributed by atoms with van der Waals surface area (Å²) < 4.78 is 21.7. The molecule has 0 saturated carbocycles. The van der Waals surface area contributed by atoms with Crippen LogP contribution in [0.15, 0.2) is 285 Å². The third kappa shape index (κ3) is 26.3. The van der Waals surface area contributed by atoms with Crippen LogP contribution in [0.25, 0.3) is 65.4 Å². The average molecular weight is 1920 g/mol. The van der Waals surface area contributed by atoms with Gasteiger partial charge in [-0.25, -0.2) is 29.9 Å². The zero-order chi connectivity index (χ0) is 97.5. The Morgan fingerprint density at radius 2 is 0.771 bits per heavy atom. The molecule has 18 aromatic rings. The molecule has 6 aromatic heterocycles. The minimum Gasteiger partial charge on any atom is -0.506 e. The minimum atomic E-state index is 0.0144. The summed E-state index contributed by atoms with van der Waals surface area (Å²) in [5.41, 5.74) is 31.0. The quantitative estimate of drug-likeness (QED) is 0.0136. The molecule has 1 atom stereocenters. The third-order valence-corrected chi connectivity index (χ3v) is 21.4. The minimum absolute atomic E-state index is 0.0144. The van der Waals surface area contributed by atoms with Crippen molar-refractivity contribution in [1.29, 1.82) is 0 Å². The smallest absolute Gasteiger partial charge is 0.244 e. The fourth-order valence-electron chi connectivity index (χ4n) is 14.4. The van der Waals surface area contributed by atoms with Gasteiger partial charge in [-0.2, -0.15) is 29.9 Å². The summed E-state index contributed by atoms with van der Waals surface area (Å²) in [5.74, 6) is 8.10. The number of hydrazine groups is 2. The van der Waals surface area contributed by atoms with Crippen molar-refractivity contribution in [2.24, 2.45) is 5.73 Å². The molecule has 0 bridgehead atoms. The molecular formula is C101H101N27O10S2. The number of hydrogen-bond donors (Lipinski definition) is 20. The number of para-hydroxylation sites is 15. The maximum Gasteiger partial charge on any atom is 0.244 e. The molecule has 0 radical (unpaired) electrons. The van der Waals surface area contributed by atoms with Crippen molar-refractivity contribution < 1.29 is 49.6 Å². The van der Waals surface area contributed by atoms with Crippen LogP contribution < -0.4 is 90.1 Å². The number of morpholine rings is 1. The van der Waals surface area contributed by atoms with Crippen molar-refractivity contribution in [2.75, 3.05) is 131 Å². The molecule has 0 amide bonds. The Balaban J connectivity index is 0.000000127. The lowest BCUT2D eigenvalue weighted by Gasteiger charge is -2.29. The van der Waals surface area contributed by atoms with E-state index >= 15 is 0 Å². The van der Waals surface area contributed by atoms with E-state index in [9.17, 15) is 25.5 Å². The topological polar surface area (TPSA) is 513 Å². The van der Waals surface area contributed by atoms with Crippen molar-refractivity contribution in [3.63, 3.8) is 0 Å². The monoisotopic (exact) mass is 1920 g/mol. The fraction of sp³-hybridized carbons (Fsp3) is 0.149. The Bertz CT molecular complexity index is 7310. The first-order valence-electron chi connectivity index (χ1n) is 44.3. The van der Waals surface area contributed by atoms with Crippen LogP contribution in [0.5, 0.6) is 40.2 Å². The van der Waals surface area contributed by atoms with E-state index in [-0.39, 0.29) is 46.6 Å². The first kappa shape index (κ1) is 96.9. The van der Waals surface area contributed by atoms with Crippen LogP contribution in [0.4, 0.5) is 99.0 Å². The molecule has 20 rings (SSSR count). The Morgan fingerprint density at radius 1 is 0.393 bits per heavy atom. The first-order chi connectivity index (χ1) is 68.3. The number of aromatic nitrogens is 12. The summed E-state index contributed by atoms with van der Waals surface area (Å²) in [6, 6.07) is 87.3. The van der Waals surface area contributed by atoms with Crippen molar-refractivity contribution in [2.45, 2.75) is 32.4 Å². The van der Waals surface area contributed by atoms with E-state index in [0.29, 0.717) is 135 Å².